The van der Waals surface area contributed by atoms with E-state index in [-0.39, 0.29) is 12.6 Å². The van der Waals surface area contributed by atoms with Crippen LogP contribution in [0.1, 0.15) is 12.3 Å². The third-order valence-electron chi connectivity index (χ3n) is 3.72. The van der Waals surface area contributed by atoms with Crippen LogP contribution in [0.2, 0.25) is 0 Å². The Morgan fingerprint density at radius 3 is 3.00 bits per heavy atom. The minimum Gasteiger partial charge on any atom is -0.419 e. The lowest BCUT2D eigenvalue weighted by Gasteiger charge is -2.34. The van der Waals surface area contributed by atoms with E-state index < -0.39 is 0 Å². The summed E-state index contributed by atoms with van der Waals surface area (Å²) in [5.74, 6) is 1.09. The molecule has 0 aliphatic carbocycles. The molecule has 0 amide bonds. The number of rotatable bonds is 5. The molecule has 1 unspecified atom stereocenters. The van der Waals surface area contributed by atoms with Crippen molar-refractivity contribution in [2.75, 3.05) is 26.4 Å². The second-order valence-corrected chi connectivity index (χ2v) is 6.05. The number of morpholine rings is 1. The summed E-state index contributed by atoms with van der Waals surface area (Å²) in [4.78, 5) is 2.22. The van der Waals surface area contributed by atoms with Gasteiger partial charge in [0.1, 0.15) is 0 Å². The van der Waals surface area contributed by atoms with Crippen molar-refractivity contribution in [2.45, 2.75) is 19.0 Å². The number of hydrogen-bond donors (Lipinski definition) is 1. The Balaban J connectivity index is 1.72. The van der Waals surface area contributed by atoms with Gasteiger partial charge in [-0.1, -0.05) is 12.1 Å². The fourth-order valence-corrected chi connectivity index (χ4v) is 3.00. The number of nitrogens with zero attached hydrogens (tertiary/aromatic N) is 3. The fourth-order valence-electron chi connectivity index (χ4n) is 2.55. The molecule has 22 heavy (non-hydrogen) atoms. The summed E-state index contributed by atoms with van der Waals surface area (Å²) in [5.41, 5.74) is 0.884. The van der Waals surface area contributed by atoms with Crippen LogP contribution in [-0.4, -0.2) is 52.6 Å². The smallest absolute Gasteiger partial charge is 0.248 e. The van der Waals surface area contributed by atoms with Gasteiger partial charge in [-0.3, -0.25) is 4.90 Å². The second kappa shape index (κ2) is 7.32. The summed E-state index contributed by atoms with van der Waals surface area (Å²) in [6.07, 6.45) is 0.686. The standard InChI is InChI=1S/C15H18BrN3O3/c16-13-4-2-1-3-12(13)15-18-17-14(22-15)9-19-6-8-21-10-11(19)5-7-20/h1-4,11,20H,5-10H2. The molecule has 118 valence electrons. The first-order valence-electron chi connectivity index (χ1n) is 7.28. The highest BCUT2D eigenvalue weighted by molar-refractivity contribution is 9.10. The maximum atomic E-state index is 9.15. The van der Waals surface area contributed by atoms with Gasteiger partial charge in [0, 0.05) is 23.7 Å². The molecule has 0 radical (unpaired) electrons. The van der Waals surface area contributed by atoms with E-state index in [0.717, 1.165) is 16.6 Å². The molecule has 1 atom stereocenters. The van der Waals surface area contributed by atoms with Crippen molar-refractivity contribution in [3.8, 4) is 11.5 Å². The lowest BCUT2D eigenvalue weighted by Crippen LogP contribution is -2.45. The average molecular weight is 368 g/mol. The van der Waals surface area contributed by atoms with Crippen molar-refractivity contribution < 1.29 is 14.3 Å². The van der Waals surface area contributed by atoms with E-state index in [1.165, 1.54) is 0 Å². The predicted molar refractivity (Wildman–Crippen MR) is 84.2 cm³/mol. The van der Waals surface area contributed by atoms with Crippen LogP contribution in [0.3, 0.4) is 0 Å². The molecule has 1 aromatic carbocycles. The monoisotopic (exact) mass is 367 g/mol. The molecule has 2 heterocycles. The number of aromatic nitrogens is 2. The number of ether oxygens (including phenoxy) is 1. The van der Waals surface area contributed by atoms with Crippen molar-refractivity contribution in [3.05, 3.63) is 34.6 Å². The predicted octanol–water partition coefficient (Wildman–Crippen LogP) is 2.08. The van der Waals surface area contributed by atoms with Gasteiger partial charge in [0.05, 0.1) is 25.3 Å². The SMILES string of the molecule is OCCC1COCCN1Cc1nnc(-c2ccccc2Br)o1. The lowest BCUT2D eigenvalue weighted by atomic mass is 10.1. The Morgan fingerprint density at radius 2 is 2.18 bits per heavy atom. The molecule has 0 saturated carbocycles. The Bertz CT molecular complexity index is 618. The number of benzene rings is 1. The number of halogens is 1. The maximum absolute atomic E-state index is 9.15. The van der Waals surface area contributed by atoms with Gasteiger partial charge < -0.3 is 14.3 Å². The van der Waals surface area contributed by atoms with Crippen molar-refractivity contribution in [1.29, 1.82) is 0 Å². The Morgan fingerprint density at radius 1 is 1.32 bits per heavy atom. The molecule has 3 rings (SSSR count). The number of hydrogen-bond acceptors (Lipinski definition) is 6. The highest BCUT2D eigenvalue weighted by Gasteiger charge is 2.24. The molecule has 1 N–H and O–H groups in total. The lowest BCUT2D eigenvalue weighted by molar-refractivity contribution is -0.0227. The average Bonchev–Trinajstić information content (AvgIpc) is 2.98. The maximum Gasteiger partial charge on any atom is 0.248 e. The molecule has 1 aromatic heterocycles. The van der Waals surface area contributed by atoms with Crippen LogP contribution < -0.4 is 0 Å². The van der Waals surface area contributed by atoms with E-state index in [1.54, 1.807) is 0 Å². The van der Waals surface area contributed by atoms with Gasteiger partial charge in [-0.15, -0.1) is 10.2 Å². The molecule has 0 spiro atoms. The van der Waals surface area contributed by atoms with Gasteiger partial charge in [0.2, 0.25) is 11.8 Å². The number of aliphatic hydroxyl groups is 1. The largest absolute Gasteiger partial charge is 0.419 e. The van der Waals surface area contributed by atoms with E-state index in [9.17, 15) is 0 Å². The second-order valence-electron chi connectivity index (χ2n) is 5.19. The van der Waals surface area contributed by atoms with Crippen LogP contribution in [0.25, 0.3) is 11.5 Å². The topological polar surface area (TPSA) is 71.6 Å². The zero-order chi connectivity index (χ0) is 15.4. The van der Waals surface area contributed by atoms with Crippen LogP contribution in [0.4, 0.5) is 0 Å². The summed E-state index contributed by atoms with van der Waals surface area (Å²) in [6, 6.07) is 7.95. The Kier molecular flexibility index (Phi) is 5.20. The molecule has 1 aliphatic heterocycles. The van der Waals surface area contributed by atoms with Crippen molar-refractivity contribution >= 4 is 15.9 Å². The first kappa shape index (κ1) is 15.6. The summed E-state index contributed by atoms with van der Waals surface area (Å²) >= 11 is 3.49. The van der Waals surface area contributed by atoms with Crippen molar-refractivity contribution in [2.24, 2.45) is 0 Å². The summed E-state index contributed by atoms with van der Waals surface area (Å²) < 4.78 is 12.2. The van der Waals surface area contributed by atoms with Gasteiger partial charge in [0.25, 0.3) is 0 Å². The normalized spacial score (nSPS) is 19.5. The molecule has 7 heteroatoms. The van der Waals surface area contributed by atoms with E-state index in [2.05, 4.69) is 31.0 Å². The Hall–Kier alpha value is -1.28. The number of aliphatic hydroxyl groups excluding tert-OH is 1. The third-order valence-corrected chi connectivity index (χ3v) is 4.41. The molecule has 1 saturated heterocycles. The minimum atomic E-state index is 0.149. The minimum absolute atomic E-state index is 0.149. The van der Waals surface area contributed by atoms with Crippen LogP contribution >= 0.6 is 15.9 Å². The summed E-state index contributed by atoms with van der Waals surface area (Å²) in [5, 5.41) is 17.4. The van der Waals surface area contributed by atoms with E-state index in [1.807, 2.05) is 24.3 Å². The van der Waals surface area contributed by atoms with E-state index in [0.29, 0.717) is 38.0 Å². The zero-order valence-corrected chi connectivity index (χ0v) is 13.7. The quantitative estimate of drug-likeness (QED) is 0.872. The van der Waals surface area contributed by atoms with E-state index in [4.69, 9.17) is 14.3 Å². The van der Waals surface area contributed by atoms with E-state index >= 15 is 0 Å². The highest BCUT2D eigenvalue weighted by Crippen LogP contribution is 2.27. The van der Waals surface area contributed by atoms with Gasteiger partial charge in [-0.2, -0.15) is 0 Å². The summed E-state index contributed by atoms with van der Waals surface area (Å²) in [7, 11) is 0. The van der Waals surface area contributed by atoms with Crippen molar-refractivity contribution in [3.63, 3.8) is 0 Å². The van der Waals surface area contributed by atoms with Crippen LogP contribution in [0, 0.1) is 0 Å². The molecular formula is C15H18BrN3O3. The zero-order valence-electron chi connectivity index (χ0n) is 12.1. The van der Waals surface area contributed by atoms with Gasteiger partial charge in [0.15, 0.2) is 0 Å². The molecular weight excluding hydrogens is 350 g/mol. The first-order valence-corrected chi connectivity index (χ1v) is 8.07. The third kappa shape index (κ3) is 3.55. The first-order chi connectivity index (χ1) is 10.8. The van der Waals surface area contributed by atoms with Crippen LogP contribution in [-0.2, 0) is 11.3 Å². The van der Waals surface area contributed by atoms with Crippen LogP contribution in [0.5, 0.6) is 0 Å². The summed E-state index contributed by atoms with van der Waals surface area (Å²) in [6.45, 7) is 2.85. The molecule has 2 aromatic rings. The Labute approximate surface area is 137 Å². The molecule has 0 bridgehead atoms. The van der Waals surface area contributed by atoms with Crippen LogP contribution in [0.15, 0.2) is 33.2 Å². The molecule has 1 aliphatic rings. The van der Waals surface area contributed by atoms with Gasteiger partial charge in [-0.25, -0.2) is 0 Å². The van der Waals surface area contributed by atoms with Gasteiger partial charge in [-0.05, 0) is 34.5 Å². The molecule has 6 nitrogen and oxygen atoms in total. The van der Waals surface area contributed by atoms with Crippen molar-refractivity contribution in [1.82, 2.24) is 15.1 Å². The highest BCUT2D eigenvalue weighted by atomic mass is 79.9. The molecule has 1 fully saturated rings. The van der Waals surface area contributed by atoms with Gasteiger partial charge >= 0.3 is 0 Å². The fraction of sp³-hybridized carbons (Fsp3) is 0.467.